The summed E-state index contributed by atoms with van der Waals surface area (Å²) in [5, 5.41) is 20.8. The van der Waals surface area contributed by atoms with E-state index in [0.29, 0.717) is 69.5 Å². The molecule has 1 aliphatic carbocycles. The number of carbonyl (C=O) groups excluding carboxylic acids is 7. The van der Waals surface area contributed by atoms with E-state index >= 15 is 0 Å². The van der Waals surface area contributed by atoms with Crippen LogP contribution >= 0.6 is 42.8 Å². The number of rotatable bonds is 5. The van der Waals surface area contributed by atoms with Gasteiger partial charge in [-0.25, -0.2) is 35.9 Å². The number of nitrogens with zero attached hydrogens (tertiary/aromatic N) is 14. The van der Waals surface area contributed by atoms with Crippen molar-refractivity contribution in [2.75, 3.05) is 40.1 Å². The van der Waals surface area contributed by atoms with Crippen LogP contribution in [0.3, 0.4) is 0 Å². The molecule has 4 aromatic heterocycles. The topological polar surface area (TPSA) is 267 Å². The molecule has 4 atom stereocenters. The van der Waals surface area contributed by atoms with Crippen molar-refractivity contribution in [1.82, 2.24) is 59.1 Å². The van der Waals surface area contributed by atoms with Crippen LogP contribution in [0.2, 0.25) is 0 Å². The van der Waals surface area contributed by atoms with Crippen molar-refractivity contribution in [3.63, 3.8) is 0 Å². The van der Waals surface area contributed by atoms with Gasteiger partial charge >= 0.3 is 45.5 Å². The van der Waals surface area contributed by atoms with Gasteiger partial charge in [0.25, 0.3) is 0 Å². The number of nitrogens with two attached hydrogens (primary N) is 1. The number of halogens is 9. The zero-order valence-corrected chi connectivity index (χ0v) is 64.3. The Morgan fingerprint density at radius 1 is 0.538 bits per heavy atom. The zero-order valence-electron chi connectivity index (χ0n) is 59.7. The van der Waals surface area contributed by atoms with Gasteiger partial charge in [0, 0.05) is 88.2 Å². The molecule has 573 valence electrons. The number of ether oxygens (including phenoxy) is 2. The number of Topliss-reactive ketones (excluding diaryl/α,β-unsaturated/α-hetero) is 1. The van der Waals surface area contributed by atoms with Gasteiger partial charge in [0.2, 0.25) is 23.6 Å². The molecule has 1 saturated carbocycles. The van der Waals surface area contributed by atoms with Gasteiger partial charge in [-0.05, 0) is 142 Å². The molecule has 7 aliphatic heterocycles. The van der Waals surface area contributed by atoms with Gasteiger partial charge in [0.1, 0.15) is 17.0 Å². The first-order valence-electron chi connectivity index (χ1n) is 34.2. The number of amides is 6. The van der Waals surface area contributed by atoms with E-state index in [1.807, 2.05) is 93.7 Å². The van der Waals surface area contributed by atoms with Gasteiger partial charge < -0.3 is 40.1 Å². The van der Waals surface area contributed by atoms with E-state index in [9.17, 15) is 59.9 Å². The van der Waals surface area contributed by atoms with Crippen molar-refractivity contribution in [1.29, 1.82) is 0 Å². The molecular formula is C69H89Cl2CuF6IN16O9. The Labute approximate surface area is 628 Å². The van der Waals surface area contributed by atoms with Crippen molar-refractivity contribution in [3.8, 4) is 0 Å². The molecule has 104 heavy (non-hydrogen) atoms. The molecule has 25 nitrogen and oxygen atoms in total. The summed E-state index contributed by atoms with van der Waals surface area (Å²) in [7, 11) is 9.34. The number of nitrogens with one attached hydrogen (secondary N) is 1. The summed E-state index contributed by atoms with van der Waals surface area (Å²) >= 11 is 3.00. The van der Waals surface area contributed by atoms with Gasteiger partial charge in [-0.1, -0.05) is 0 Å². The van der Waals surface area contributed by atoms with Crippen LogP contribution in [0.25, 0.3) is 0 Å². The van der Waals surface area contributed by atoms with E-state index < -0.39 is 46.1 Å². The van der Waals surface area contributed by atoms with Gasteiger partial charge in [-0.3, -0.25) is 52.5 Å². The summed E-state index contributed by atoms with van der Waals surface area (Å²) in [6.45, 7) is 26.1. The van der Waals surface area contributed by atoms with Crippen LogP contribution in [0.15, 0.2) is 49.1 Å². The Bertz CT molecular complexity index is 4020. The summed E-state index contributed by atoms with van der Waals surface area (Å²) in [5.74, 6) is -7.69. The molecule has 3 N–H and O–H groups in total. The van der Waals surface area contributed by atoms with Crippen molar-refractivity contribution in [3.05, 3.63) is 116 Å². The number of hydrogen-bond donors (Lipinski definition) is 2. The molecule has 4 fully saturated rings. The Morgan fingerprint density at radius 2 is 0.894 bits per heavy atom. The molecule has 2 aromatic carbocycles. The summed E-state index contributed by atoms with van der Waals surface area (Å²) in [4.78, 5) is 93.8. The average molecular weight is 1660 g/mol. The fourth-order valence-electron chi connectivity index (χ4n) is 12.7. The average Bonchev–Trinajstić information content (AvgIpc) is 1.62. The first-order chi connectivity index (χ1) is 49.1. The van der Waals surface area contributed by atoms with Crippen LogP contribution in [0, 0.1) is 38.5 Å². The minimum absolute atomic E-state index is 0.000574. The summed E-state index contributed by atoms with van der Waals surface area (Å²) in [6.07, 6.45) is 14.6. The Morgan fingerprint density at radius 3 is 1.28 bits per heavy atom. The third-order valence-electron chi connectivity index (χ3n) is 17.8. The first kappa shape index (κ1) is 82.2. The van der Waals surface area contributed by atoms with E-state index in [2.05, 4.69) is 75.4 Å². The summed E-state index contributed by atoms with van der Waals surface area (Å²) < 4.78 is 96.1. The molecule has 6 aromatic rings. The van der Waals surface area contributed by atoms with Crippen LogP contribution in [-0.4, -0.2) is 150 Å². The van der Waals surface area contributed by atoms with E-state index in [4.69, 9.17) is 15.2 Å². The van der Waals surface area contributed by atoms with Gasteiger partial charge in [-0.2, -0.15) is 20.4 Å². The quantitative estimate of drug-likeness (QED) is 0.0534. The second kappa shape index (κ2) is 36.2. The van der Waals surface area contributed by atoms with Crippen LogP contribution in [-0.2, 0) is 105 Å². The van der Waals surface area contributed by atoms with Gasteiger partial charge in [0.15, 0.2) is 34.9 Å². The molecular weight excluding hydrogens is 1570 g/mol. The number of anilines is 4. The second-order valence-corrected chi connectivity index (χ2v) is 31.0. The Balaban J connectivity index is 0.000000164. The summed E-state index contributed by atoms with van der Waals surface area (Å²) in [5.41, 5.74) is 10.4. The fraction of sp³-hybridized carbons (Fsp3) is 0.551. The molecule has 35 heteroatoms. The van der Waals surface area contributed by atoms with E-state index in [1.165, 1.54) is 0 Å². The van der Waals surface area contributed by atoms with Crippen LogP contribution in [0.5, 0.6) is 0 Å². The molecule has 14 rings (SSSR count). The van der Waals surface area contributed by atoms with Crippen LogP contribution in [0.4, 0.5) is 58.7 Å². The SMILES string of the molecule is CC1Cn2ncc(I)c2CN1C(=O)OC(C)(C)C.CC1Cn2ncc(N3CCCC3=O)c2CN1.CC1Cn2ncc(N3CCCC3=O)c2CN1C(=O)Cc1cc(F)c(F)c(F)c1.CC1Cn2ncc(N3CCCC3=O)c2CN1C(=O)OC(C)(C)C.Nc1cc(F)c(F)c(F)c1.O=C1CCCC1.[Cl][Cu][Cl]. The van der Waals surface area contributed by atoms with Crippen LogP contribution < -0.4 is 25.8 Å². The Kier molecular flexibility index (Phi) is 28.6. The fourth-order valence-corrected chi connectivity index (χ4v) is 13.2. The number of aromatic nitrogens is 8. The second-order valence-electron chi connectivity index (χ2n) is 28.2. The van der Waals surface area contributed by atoms with E-state index in [-0.39, 0.29) is 78.2 Å². The normalized spacial score (nSPS) is 19.6. The van der Waals surface area contributed by atoms with Gasteiger partial charge in [-0.15, -0.1) is 0 Å². The molecule has 0 spiro atoms. The molecule has 6 amide bonds. The van der Waals surface area contributed by atoms with E-state index in [0.717, 1.165) is 153 Å². The number of fused-ring (bicyclic) bond motifs is 4. The number of benzene rings is 2. The minimum atomic E-state index is -1.55. The molecule has 8 aliphatic rings. The number of carbonyl (C=O) groups is 7. The van der Waals surface area contributed by atoms with Crippen molar-refractivity contribution in [2.45, 2.75) is 228 Å². The third kappa shape index (κ3) is 21.4. The van der Waals surface area contributed by atoms with Crippen molar-refractivity contribution < 1.29 is 82.5 Å². The monoisotopic (exact) mass is 1660 g/mol. The number of hydrogen-bond acceptors (Lipinski definition) is 15. The van der Waals surface area contributed by atoms with Crippen LogP contribution in [0.1, 0.15) is 162 Å². The predicted octanol–water partition coefficient (Wildman–Crippen LogP) is 11.9. The summed E-state index contributed by atoms with van der Waals surface area (Å²) in [6, 6.07) is 3.48. The van der Waals surface area contributed by atoms with E-state index in [1.54, 1.807) is 41.6 Å². The third-order valence-corrected chi connectivity index (χ3v) is 18.7. The van der Waals surface area contributed by atoms with Crippen molar-refractivity contribution in [2.24, 2.45) is 0 Å². The molecule has 11 heterocycles. The molecule has 3 saturated heterocycles. The molecule has 0 radical (unpaired) electrons. The molecule has 4 unspecified atom stereocenters. The molecule has 0 bridgehead atoms. The number of ketones is 1. The maximum atomic E-state index is 13.4. The zero-order chi connectivity index (χ0) is 76.2. The maximum absolute atomic E-state index is 13.4. The first-order valence-corrected chi connectivity index (χ1v) is 37.9. The predicted molar refractivity (Wildman–Crippen MR) is 381 cm³/mol. The number of nitrogen functional groups attached to an aromatic ring is 1. The van der Waals surface area contributed by atoms with Gasteiger partial charge in [0.05, 0.1) is 133 Å². The van der Waals surface area contributed by atoms with Crippen molar-refractivity contribution >= 4 is 107 Å². The Hall–Kier alpha value is -7.46. The standard InChI is InChI=1S/C19H19F3N4O2.C16H24N4O3.C12H18IN3O2.C11H16N4O.C6H4F3N.C5H8O.2ClH.Cu/c1-11-9-26-16(15(8-23-26)24-4-2-3-17(24)27)10-25(11)18(28)7-12-5-13(20)19(22)14(21)6-12;1-11-9-20-13(10-19(11)15(22)23-16(2,3)4)12(8-17-20)18-7-5-6-14(18)21;1-8-6-16-10(9(13)5-14-16)7-15(8)11(17)18-12(2,3)4;1-8-7-15-10(5-12-8)9(6-13-15)14-4-2-3-11(14)16;7-4-1-3(10)2-5(8)6(4)9;6-5-3-1-2-4-5;;;/h5-6,8,11H,2-4,7,9-10H2,1H3;8,11H,5-7,9-10H2,1-4H3;5,8H,6-7H2,1-4H3;6,8,12H,2-5,7H2,1H3;1-2H,10H2;1-4H2;2*1H;/q;;;;;;;;+2/p-2.